The number of aromatic nitrogens is 1. The molecule has 0 bridgehead atoms. The van der Waals surface area contributed by atoms with Gasteiger partial charge in [0.15, 0.2) is 0 Å². The number of benzene rings is 1. The Labute approximate surface area is 158 Å². The number of carbonyl (C=O) groups excluding carboxylic acids is 2. The Hall–Kier alpha value is -2.91. The van der Waals surface area contributed by atoms with Crippen LogP contribution in [0.5, 0.6) is 5.75 Å². The minimum Gasteiger partial charge on any atom is -0.486 e. The molecule has 3 aromatic rings. The van der Waals surface area contributed by atoms with E-state index >= 15 is 0 Å². The van der Waals surface area contributed by atoms with Gasteiger partial charge in [-0.05, 0) is 19.1 Å². The SMILES string of the molecule is Cc1oc2ccc(OCc3nccs3)c(C3(C(N)=O)COC3)c2c1C(N)=O. The molecule has 4 N–H and O–H groups in total. The van der Waals surface area contributed by atoms with E-state index in [2.05, 4.69) is 4.98 Å². The summed E-state index contributed by atoms with van der Waals surface area (Å²) in [5.41, 5.74) is 11.3. The van der Waals surface area contributed by atoms with E-state index in [4.69, 9.17) is 25.4 Å². The number of primary amides is 2. The van der Waals surface area contributed by atoms with Crippen LogP contribution in [0.4, 0.5) is 0 Å². The van der Waals surface area contributed by atoms with Crippen LogP contribution >= 0.6 is 11.3 Å². The van der Waals surface area contributed by atoms with E-state index in [1.54, 1.807) is 25.3 Å². The molecule has 0 unspecified atom stereocenters. The summed E-state index contributed by atoms with van der Waals surface area (Å²) in [6.45, 7) is 2.05. The second-order valence-corrected chi connectivity index (χ2v) is 7.34. The molecular weight excluding hydrogens is 370 g/mol. The first-order valence-electron chi connectivity index (χ1n) is 8.19. The summed E-state index contributed by atoms with van der Waals surface area (Å²) >= 11 is 1.45. The number of aryl methyl sites for hydroxylation is 1. The van der Waals surface area contributed by atoms with Gasteiger partial charge < -0.3 is 25.4 Å². The lowest BCUT2D eigenvalue weighted by atomic mass is 9.75. The lowest BCUT2D eigenvalue weighted by Gasteiger charge is -2.40. The molecule has 0 aliphatic carbocycles. The van der Waals surface area contributed by atoms with Gasteiger partial charge in [0, 0.05) is 22.5 Å². The first-order chi connectivity index (χ1) is 12.9. The number of hydrogen-bond acceptors (Lipinski definition) is 7. The third kappa shape index (κ3) is 2.66. The van der Waals surface area contributed by atoms with Crippen LogP contribution in [0.2, 0.25) is 0 Å². The highest BCUT2D eigenvalue weighted by Crippen LogP contribution is 2.45. The number of thiazole rings is 1. The van der Waals surface area contributed by atoms with E-state index in [-0.39, 0.29) is 25.4 Å². The average molecular weight is 387 g/mol. The van der Waals surface area contributed by atoms with Crippen molar-refractivity contribution in [3.05, 3.63) is 45.6 Å². The maximum Gasteiger partial charge on any atom is 0.252 e. The Kier molecular flexibility index (Phi) is 4.12. The molecule has 8 nitrogen and oxygen atoms in total. The number of carbonyl (C=O) groups is 2. The van der Waals surface area contributed by atoms with Crippen molar-refractivity contribution in [2.45, 2.75) is 18.9 Å². The van der Waals surface area contributed by atoms with Crippen molar-refractivity contribution in [3.63, 3.8) is 0 Å². The van der Waals surface area contributed by atoms with E-state index in [9.17, 15) is 9.59 Å². The molecule has 2 aromatic heterocycles. The van der Waals surface area contributed by atoms with E-state index < -0.39 is 17.2 Å². The van der Waals surface area contributed by atoms with Gasteiger partial charge in [0.2, 0.25) is 5.91 Å². The lowest BCUT2D eigenvalue weighted by Crippen LogP contribution is -2.56. The van der Waals surface area contributed by atoms with Crippen LogP contribution in [0.25, 0.3) is 11.0 Å². The fourth-order valence-electron chi connectivity index (χ4n) is 3.36. The van der Waals surface area contributed by atoms with Gasteiger partial charge in [-0.3, -0.25) is 9.59 Å². The third-order valence-corrected chi connectivity index (χ3v) is 5.48. The minimum absolute atomic E-state index is 0.0947. The Balaban J connectivity index is 1.94. The molecule has 2 amide bonds. The van der Waals surface area contributed by atoms with E-state index in [1.807, 2.05) is 5.38 Å². The fraction of sp³-hybridized carbons (Fsp3) is 0.278. The fourth-order valence-corrected chi connectivity index (χ4v) is 3.89. The van der Waals surface area contributed by atoms with Crippen molar-refractivity contribution in [1.29, 1.82) is 0 Å². The molecule has 1 aliphatic rings. The molecule has 1 saturated heterocycles. The van der Waals surface area contributed by atoms with Crippen molar-refractivity contribution in [2.75, 3.05) is 13.2 Å². The largest absolute Gasteiger partial charge is 0.486 e. The summed E-state index contributed by atoms with van der Waals surface area (Å²) in [6.07, 6.45) is 1.68. The highest BCUT2D eigenvalue weighted by molar-refractivity contribution is 7.09. The topological polar surface area (TPSA) is 131 Å². The van der Waals surface area contributed by atoms with Gasteiger partial charge in [-0.25, -0.2) is 4.98 Å². The summed E-state index contributed by atoms with van der Waals surface area (Å²) in [4.78, 5) is 28.6. The molecule has 1 fully saturated rings. The number of ether oxygens (including phenoxy) is 2. The summed E-state index contributed by atoms with van der Waals surface area (Å²) in [5, 5.41) is 3.06. The number of rotatable bonds is 6. The monoisotopic (exact) mass is 387 g/mol. The van der Waals surface area contributed by atoms with Gasteiger partial charge in [0.1, 0.15) is 34.1 Å². The third-order valence-electron chi connectivity index (χ3n) is 4.72. The van der Waals surface area contributed by atoms with Crippen molar-refractivity contribution >= 4 is 34.1 Å². The molecular formula is C18H17N3O5S. The van der Waals surface area contributed by atoms with Gasteiger partial charge in [-0.1, -0.05) is 0 Å². The second kappa shape index (κ2) is 6.36. The van der Waals surface area contributed by atoms with Crippen molar-refractivity contribution in [1.82, 2.24) is 4.98 Å². The molecule has 140 valence electrons. The molecule has 3 heterocycles. The van der Waals surface area contributed by atoms with Crippen LogP contribution in [-0.4, -0.2) is 30.0 Å². The standard InChI is InChI=1S/C18H17N3O5S/c1-9-13(16(19)22)14-10(26-9)2-3-11(25-6-12-21-4-5-27-12)15(14)18(17(20)23)7-24-8-18/h2-5H,6-8H2,1H3,(H2,19,22)(H2,20,23). The number of amides is 2. The lowest BCUT2D eigenvalue weighted by molar-refractivity contribution is -0.141. The molecule has 4 rings (SSSR count). The van der Waals surface area contributed by atoms with Gasteiger partial charge in [0.25, 0.3) is 5.91 Å². The molecule has 0 saturated carbocycles. The molecule has 1 aromatic carbocycles. The highest BCUT2D eigenvalue weighted by Gasteiger charge is 2.50. The molecule has 27 heavy (non-hydrogen) atoms. The Morgan fingerprint density at radius 2 is 2.11 bits per heavy atom. The average Bonchev–Trinajstić information content (AvgIpc) is 3.18. The maximum atomic E-state index is 12.4. The molecule has 9 heteroatoms. The predicted molar refractivity (Wildman–Crippen MR) is 97.6 cm³/mol. The first kappa shape index (κ1) is 17.5. The second-order valence-electron chi connectivity index (χ2n) is 6.36. The predicted octanol–water partition coefficient (Wildman–Crippen LogP) is 1.63. The molecule has 0 radical (unpaired) electrons. The summed E-state index contributed by atoms with van der Waals surface area (Å²) in [5.74, 6) is -0.419. The van der Waals surface area contributed by atoms with Crippen LogP contribution < -0.4 is 16.2 Å². The number of nitrogens with zero attached hydrogens (tertiary/aromatic N) is 1. The summed E-state index contributed by atoms with van der Waals surface area (Å²) in [6, 6.07) is 3.38. The first-order valence-corrected chi connectivity index (χ1v) is 9.07. The maximum absolute atomic E-state index is 12.4. The number of fused-ring (bicyclic) bond motifs is 1. The van der Waals surface area contributed by atoms with Crippen LogP contribution in [0.1, 0.15) is 26.7 Å². The van der Waals surface area contributed by atoms with Crippen LogP contribution in [0.15, 0.2) is 28.1 Å². The van der Waals surface area contributed by atoms with Crippen molar-refractivity contribution in [2.24, 2.45) is 11.5 Å². The van der Waals surface area contributed by atoms with Gasteiger partial charge >= 0.3 is 0 Å². The van der Waals surface area contributed by atoms with Crippen LogP contribution in [-0.2, 0) is 21.6 Å². The Morgan fingerprint density at radius 1 is 1.33 bits per heavy atom. The van der Waals surface area contributed by atoms with Gasteiger partial charge in [-0.2, -0.15) is 0 Å². The molecule has 1 aliphatic heterocycles. The van der Waals surface area contributed by atoms with E-state index in [1.165, 1.54) is 11.3 Å². The summed E-state index contributed by atoms with van der Waals surface area (Å²) < 4.78 is 16.9. The van der Waals surface area contributed by atoms with Gasteiger partial charge in [0.05, 0.1) is 18.8 Å². The van der Waals surface area contributed by atoms with E-state index in [0.717, 1.165) is 5.01 Å². The smallest absolute Gasteiger partial charge is 0.252 e. The Morgan fingerprint density at radius 3 is 2.67 bits per heavy atom. The van der Waals surface area contributed by atoms with Crippen molar-refractivity contribution < 1.29 is 23.5 Å². The van der Waals surface area contributed by atoms with Crippen LogP contribution in [0.3, 0.4) is 0 Å². The Bertz CT molecular complexity index is 1040. The van der Waals surface area contributed by atoms with Crippen molar-refractivity contribution in [3.8, 4) is 5.75 Å². The number of furan rings is 1. The molecule has 0 atom stereocenters. The minimum atomic E-state index is -1.11. The summed E-state index contributed by atoms with van der Waals surface area (Å²) in [7, 11) is 0. The number of hydrogen-bond donors (Lipinski definition) is 2. The zero-order valence-electron chi connectivity index (χ0n) is 14.5. The zero-order chi connectivity index (χ0) is 19.2. The normalized spacial score (nSPS) is 15.4. The zero-order valence-corrected chi connectivity index (χ0v) is 15.3. The number of nitrogens with two attached hydrogens (primary N) is 2. The van der Waals surface area contributed by atoms with Gasteiger partial charge in [-0.15, -0.1) is 11.3 Å². The quantitative estimate of drug-likeness (QED) is 0.661. The highest BCUT2D eigenvalue weighted by atomic mass is 32.1. The van der Waals surface area contributed by atoms with Crippen LogP contribution in [0, 0.1) is 6.92 Å². The molecule has 0 spiro atoms. The van der Waals surface area contributed by atoms with E-state index in [0.29, 0.717) is 28.0 Å².